The van der Waals surface area contributed by atoms with Gasteiger partial charge in [0, 0.05) is 18.7 Å². The SMILES string of the molecule is NCc1ccc(C(=O)NCCC(C(N)=O)C(=O)O)cc1. The van der Waals surface area contributed by atoms with Crippen molar-refractivity contribution in [2.75, 3.05) is 6.54 Å². The van der Waals surface area contributed by atoms with Gasteiger partial charge in [0.15, 0.2) is 0 Å². The molecule has 1 atom stereocenters. The van der Waals surface area contributed by atoms with Gasteiger partial charge in [0.2, 0.25) is 5.91 Å². The van der Waals surface area contributed by atoms with Gasteiger partial charge in [0.05, 0.1) is 0 Å². The van der Waals surface area contributed by atoms with Crippen LogP contribution in [0.25, 0.3) is 0 Å². The molecule has 0 aliphatic rings. The van der Waals surface area contributed by atoms with Crippen LogP contribution in [0.3, 0.4) is 0 Å². The maximum Gasteiger partial charge on any atom is 0.316 e. The summed E-state index contributed by atoms with van der Waals surface area (Å²) in [5.41, 5.74) is 11.7. The molecular weight excluding hydrogens is 262 g/mol. The van der Waals surface area contributed by atoms with E-state index < -0.39 is 17.8 Å². The van der Waals surface area contributed by atoms with Crippen LogP contribution in [0.15, 0.2) is 24.3 Å². The minimum atomic E-state index is -1.30. The molecule has 0 heterocycles. The lowest BCUT2D eigenvalue weighted by molar-refractivity contribution is -0.146. The highest BCUT2D eigenvalue weighted by atomic mass is 16.4. The van der Waals surface area contributed by atoms with E-state index in [1.807, 2.05) is 0 Å². The number of aliphatic carboxylic acids is 1. The summed E-state index contributed by atoms with van der Waals surface area (Å²) >= 11 is 0. The molecule has 1 aromatic carbocycles. The Morgan fingerprint density at radius 1 is 1.20 bits per heavy atom. The largest absolute Gasteiger partial charge is 0.481 e. The molecule has 0 spiro atoms. The summed E-state index contributed by atoms with van der Waals surface area (Å²) in [7, 11) is 0. The number of carboxylic acids is 1. The Kier molecular flexibility index (Phi) is 5.67. The fourth-order valence-corrected chi connectivity index (χ4v) is 1.61. The molecule has 0 aromatic heterocycles. The van der Waals surface area contributed by atoms with E-state index in [2.05, 4.69) is 5.32 Å². The Morgan fingerprint density at radius 3 is 2.25 bits per heavy atom. The molecule has 1 unspecified atom stereocenters. The number of nitrogens with two attached hydrogens (primary N) is 2. The molecule has 0 radical (unpaired) electrons. The lowest BCUT2D eigenvalue weighted by atomic mass is 10.1. The standard InChI is InChI=1S/C13H17N3O4/c14-7-8-1-3-9(4-2-8)12(18)16-6-5-10(11(15)17)13(19)20/h1-4,10H,5-7,14H2,(H2,15,17)(H,16,18)(H,19,20). The van der Waals surface area contributed by atoms with Crippen molar-refractivity contribution in [1.29, 1.82) is 0 Å². The van der Waals surface area contributed by atoms with Gasteiger partial charge in [-0.3, -0.25) is 14.4 Å². The first kappa shape index (κ1) is 15.6. The monoisotopic (exact) mass is 279 g/mol. The van der Waals surface area contributed by atoms with Gasteiger partial charge in [-0.05, 0) is 24.1 Å². The first-order valence-corrected chi connectivity index (χ1v) is 6.05. The number of carboxylic acid groups (broad SMARTS) is 1. The number of hydrogen-bond donors (Lipinski definition) is 4. The second kappa shape index (κ2) is 7.25. The third-order valence-corrected chi connectivity index (χ3v) is 2.81. The Bertz CT molecular complexity index is 485. The number of primary amides is 1. The molecule has 7 nitrogen and oxygen atoms in total. The molecule has 6 N–H and O–H groups in total. The van der Waals surface area contributed by atoms with E-state index in [1.165, 1.54) is 0 Å². The lowest BCUT2D eigenvalue weighted by Gasteiger charge is -2.09. The van der Waals surface area contributed by atoms with E-state index in [9.17, 15) is 14.4 Å². The zero-order chi connectivity index (χ0) is 15.1. The van der Waals surface area contributed by atoms with E-state index in [0.717, 1.165) is 5.56 Å². The second-order valence-electron chi connectivity index (χ2n) is 4.24. The first-order chi connectivity index (χ1) is 9.45. The minimum Gasteiger partial charge on any atom is -0.481 e. The van der Waals surface area contributed by atoms with Crippen molar-refractivity contribution in [2.24, 2.45) is 17.4 Å². The quantitative estimate of drug-likeness (QED) is 0.497. The van der Waals surface area contributed by atoms with Crippen LogP contribution in [0, 0.1) is 5.92 Å². The minimum absolute atomic E-state index is 0.0444. The first-order valence-electron chi connectivity index (χ1n) is 6.05. The predicted molar refractivity (Wildman–Crippen MR) is 71.6 cm³/mol. The number of rotatable bonds is 7. The number of benzene rings is 1. The molecule has 2 amide bonds. The Balaban J connectivity index is 2.50. The molecule has 1 aromatic rings. The highest BCUT2D eigenvalue weighted by Gasteiger charge is 2.23. The highest BCUT2D eigenvalue weighted by molar-refractivity contribution is 5.96. The summed E-state index contributed by atoms with van der Waals surface area (Å²) < 4.78 is 0. The molecule has 0 aliphatic carbocycles. The summed E-state index contributed by atoms with van der Waals surface area (Å²) in [5.74, 6) is -3.85. The van der Waals surface area contributed by atoms with Crippen LogP contribution in [-0.2, 0) is 16.1 Å². The lowest BCUT2D eigenvalue weighted by Crippen LogP contribution is -2.34. The molecule has 0 saturated heterocycles. The van der Waals surface area contributed by atoms with Crippen molar-refractivity contribution in [2.45, 2.75) is 13.0 Å². The third-order valence-electron chi connectivity index (χ3n) is 2.81. The topological polar surface area (TPSA) is 136 Å². The number of hydrogen-bond acceptors (Lipinski definition) is 4. The van der Waals surface area contributed by atoms with Crippen LogP contribution < -0.4 is 16.8 Å². The number of carbonyl (C=O) groups excluding carboxylic acids is 2. The Hall–Kier alpha value is -2.41. The summed E-state index contributed by atoms with van der Waals surface area (Å²) in [5, 5.41) is 11.3. The van der Waals surface area contributed by atoms with Crippen LogP contribution in [0.2, 0.25) is 0 Å². The van der Waals surface area contributed by atoms with Gasteiger partial charge in [-0.15, -0.1) is 0 Å². The van der Waals surface area contributed by atoms with Crippen molar-refractivity contribution in [3.63, 3.8) is 0 Å². The van der Waals surface area contributed by atoms with E-state index >= 15 is 0 Å². The van der Waals surface area contributed by atoms with Crippen LogP contribution in [0.1, 0.15) is 22.3 Å². The van der Waals surface area contributed by atoms with Crippen molar-refractivity contribution >= 4 is 17.8 Å². The maximum atomic E-state index is 11.8. The number of nitrogens with one attached hydrogen (secondary N) is 1. The predicted octanol–water partition coefficient (Wildman–Crippen LogP) is -0.549. The Morgan fingerprint density at radius 2 is 1.80 bits per heavy atom. The van der Waals surface area contributed by atoms with Crippen LogP contribution in [0.5, 0.6) is 0 Å². The molecule has 0 saturated carbocycles. The molecule has 1 rings (SSSR count). The average Bonchev–Trinajstić information content (AvgIpc) is 2.42. The molecule has 0 aliphatic heterocycles. The summed E-state index contributed by atoms with van der Waals surface area (Å²) in [4.78, 5) is 33.4. The zero-order valence-electron chi connectivity index (χ0n) is 10.8. The highest BCUT2D eigenvalue weighted by Crippen LogP contribution is 2.05. The summed E-state index contributed by atoms with van der Waals surface area (Å²) in [6, 6.07) is 6.72. The van der Waals surface area contributed by atoms with Crippen LogP contribution in [0.4, 0.5) is 0 Å². The van der Waals surface area contributed by atoms with Gasteiger partial charge in [0.25, 0.3) is 5.91 Å². The van der Waals surface area contributed by atoms with E-state index in [1.54, 1.807) is 24.3 Å². The van der Waals surface area contributed by atoms with E-state index in [-0.39, 0.29) is 18.9 Å². The fraction of sp³-hybridized carbons (Fsp3) is 0.308. The summed E-state index contributed by atoms with van der Waals surface area (Å²) in [6.07, 6.45) is -0.0444. The Labute approximate surface area is 115 Å². The van der Waals surface area contributed by atoms with Crippen molar-refractivity contribution in [3.05, 3.63) is 35.4 Å². The molecular formula is C13H17N3O4. The van der Waals surface area contributed by atoms with Gasteiger partial charge < -0.3 is 21.9 Å². The van der Waals surface area contributed by atoms with Gasteiger partial charge in [-0.1, -0.05) is 12.1 Å². The van der Waals surface area contributed by atoms with Gasteiger partial charge in [-0.25, -0.2) is 0 Å². The normalized spacial score (nSPS) is 11.7. The average molecular weight is 279 g/mol. The zero-order valence-corrected chi connectivity index (χ0v) is 10.8. The van der Waals surface area contributed by atoms with Gasteiger partial charge in [0.1, 0.15) is 5.92 Å². The fourth-order valence-electron chi connectivity index (χ4n) is 1.61. The smallest absolute Gasteiger partial charge is 0.316 e. The van der Waals surface area contributed by atoms with Crippen LogP contribution in [-0.4, -0.2) is 29.4 Å². The molecule has 7 heteroatoms. The number of amides is 2. The van der Waals surface area contributed by atoms with Crippen LogP contribution >= 0.6 is 0 Å². The van der Waals surface area contributed by atoms with Crippen molar-refractivity contribution < 1.29 is 19.5 Å². The molecule has 0 fully saturated rings. The third kappa shape index (κ3) is 4.36. The molecule has 108 valence electrons. The van der Waals surface area contributed by atoms with Crippen molar-refractivity contribution in [3.8, 4) is 0 Å². The van der Waals surface area contributed by atoms with Gasteiger partial charge >= 0.3 is 5.97 Å². The molecule has 20 heavy (non-hydrogen) atoms. The summed E-state index contributed by atoms with van der Waals surface area (Å²) in [6.45, 7) is 0.443. The van der Waals surface area contributed by atoms with E-state index in [0.29, 0.717) is 12.1 Å². The second-order valence-corrected chi connectivity index (χ2v) is 4.24. The maximum absolute atomic E-state index is 11.8. The number of carbonyl (C=O) groups is 3. The van der Waals surface area contributed by atoms with Crippen molar-refractivity contribution in [1.82, 2.24) is 5.32 Å². The van der Waals surface area contributed by atoms with Gasteiger partial charge in [-0.2, -0.15) is 0 Å². The van der Waals surface area contributed by atoms with E-state index in [4.69, 9.17) is 16.6 Å². The molecule has 0 bridgehead atoms.